The Morgan fingerprint density at radius 2 is 0.956 bits per heavy atom. The van der Waals surface area contributed by atoms with E-state index in [9.17, 15) is 0 Å². The molecule has 0 spiro atoms. The van der Waals surface area contributed by atoms with Gasteiger partial charge in [0.25, 0.3) is 6.71 Å². The van der Waals surface area contributed by atoms with Crippen molar-refractivity contribution in [2.24, 2.45) is 0 Å². The topological polar surface area (TPSA) is 6.48 Å². The lowest BCUT2D eigenvalue weighted by Crippen LogP contribution is -2.60. The summed E-state index contributed by atoms with van der Waals surface area (Å²) in [5, 5.41) is 9.18. The van der Waals surface area contributed by atoms with Crippen molar-refractivity contribution in [2.45, 2.75) is 105 Å². The van der Waals surface area contributed by atoms with Gasteiger partial charge in [0.05, 0.1) is 11.4 Å². The first-order chi connectivity index (χ1) is 32.3. The molecule has 0 bridgehead atoms. The third-order valence-electron chi connectivity index (χ3n) is 15.2. The lowest BCUT2D eigenvalue weighted by Gasteiger charge is -2.45. The lowest BCUT2D eigenvalue weighted by molar-refractivity contribution is 0.590. The summed E-state index contributed by atoms with van der Waals surface area (Å²) in [5.41, 5.74) is 17.9. The second-order valence-corrected chi connectivity index (χ2v) is 25.0. The van der Waals surface area contributed by atoms with Crippen LogP contribution in [0.15, 0.2) is 152 Å². The van der Waals surface area contributed by atoms with Crippen LogP contribution in [-0.4, -0.2) is 6.71 Å². The molecule has 9 aromatic carbocycles. The quantitative estimate of drug-likeness (QED) is 0.129. The average Bonchev–Trinajstić information content (AvgIpc) is 3.68. The molecule has 0 N–H and O–H groups in total. The van der Waals surface area contributed by atoms with Crippen LogP contribution < -0.4 is 25.5 Å². The summed E-state index contributed by atoms with van der Waals surface area (Å²) in [7, 11) is 0. The molecule has 1 aromatic heterocycles. The van der Waals surface area contributed by atoms with Gasteiger partial charge in [-0.3, -0.25) is 0 Å². The minimum Gasteiger partial charge on any atom is -0.311 e. The first-order valence-electron chi connectivity index (χ1n) is 24.6. The molecule has 0 unspecified atom stereocenters. The van der Waals surface area contributed by atoms with Crippen LogP contribution >= 0.6 is 11.3 Å². The number of hydrogen-bond donors (Lipinski definition) is 0. The molecule has 0 aliphatic carbocycles. The smallest absolute Gasteiger partial charge is 0.264 e. The first-order valence-corrected chi connectivity index (χ1v) is 25.4. The van der Waals surface area contributed by atoms with E-state index in [1.54, 1.807) is 0 Å². The van der Waals surface area contributed by atoms with Gasteiger partial charge in [-0.1, -0.05) is 180 Å². The van der Waals surface area contributed by atoms with Gasteiger partial charge in [-0.05, 0) is 147 Å². The summed E-state index contributed by atoms with van der Waals surface area (Å²) >= 11 is 1.99. The molecule has 0 atom stereocenters. The van der Waals surface area contributed by atoms with E-state index in [0.29, 0.717) is 0 Å². The highest BCUT2D eigenvalue weighted by Gasteiger charge is 2.47. The van der Waals surface area contributed by atoms with Crippen LogP contribution in [-0.2, 0) is 21.7 Å². The maximum Gasteiger partial charge on any atom is 0.264 e. The van der Waals surface area contributed by atoms with E-state index in [1.807, 2.05) is 11.3 Å². The van der Waals surface area contributed by atoms with Gasteiger partial charge in [0, 0.05) is 43.2 Å². The van der Waals surface area contributed by atoms with Gasteiger partial charge in [0.15, 0.2) is 0 Å². The Hall–Kier alpha value is -6.36. The predicted molar refractivity (Wildman–Crippen MR) is 300 cm³/mol. The van der Waals surface area contributed by atoms with Crippen molar-refractivity contribution in [3.8, 4) is 11.1 Å². The molecule has 0 radical (unpaired) electrons. The van der Waals surface area contributed by atoms with Crippen molar-refractivity contribution in [2.75, 3.05) is 9.80 Å². The van der Waals surface area contributed by atoms with Gasteiger partial charge >= 0.3 is 0 Å². The van der Waals surface area contributed by atoms with Gasteiger partial charge in [0.2, 0.25) is 0 Å². The maximum absolute atomic E-state index is 2.67. The molecule has 2 nitrogen and oxygen atoms in total. The molecule has 2 aliphatic heterocycles. The fourth-order valence-corrected chi connectivity index (χ4v) is 12.6. The summed E-state index contributed by atoms with van der Waals surface area (Å²) in [5.74, 6) is 0. The van der Waals surface area contributed by atoms with E-state index in [-0.39, 0.29) is 28.4 Å². The van der Waals surface area contributed by atoms with E-state index < -0.39 is 0 Å². The number of hydrogen-bond acceptors (Lipinski definition) is 3. The van der Waals surface area contributed by atoms with E-state index in [0.717, 1.165) is 0 Å². The van der Waals surface area contributed by atoms with Crippen LogP contribution in [0.25, 0.3) is 53.5 Å². The van der Waals surface area contributed by atoms with Crippen LogP contribution in [0, 0.1) is 0 Å². The Balaban J connectivity index is 1.23. The SMILES string of the molecule is CC(C)(C)c1ccc2c(c1)B1c3sc4ccc(C(C)(C)C)cc4c3N(c3ccccc3)c3cc(C(C)(C)C)cc(c31)N2c1ccc(C(C)(C)C)cc1-c1ccc2ccc3cccc4ccc1c2c34. The molecular formula is C64H61BN2S. The summed E-state index contributed by atoms with van der Waals surface area (Å²) in [4.78, 5) is 5.30. The summed E-state index contributed by atoms with van der Waals surface area (Å²) in [6.07, 6.45) is 0. The van der Waals surface area contributed by atoms with Gasteiger partial charge in [0.1, 0.15) is 0 Å². The number of fused-ring (bicyclic) bond motifs is 6. The zero-order valence-corrected chi connectivity index (χ0v) is 42.6. The normalized spacial score (nSPS) is 14.1. The fourth-order valence-electron chi connectivity index (χ4n) is 11.3. The highest BCUT2D eigenvalue weighted by Crippen LogP contribution is 2.52. The maximum atomic E-state index is 2.67. The molecule has 336 valence electrons. The number of nitrogens with zero attached hydrogens (tertiary/aromatic N) is 2. The first kappa shape index (κ1) is 43.0. The predicted octanol–water partition coefficient (Wildman–Crippen LogP) is 16.7. The van der Waals surface area contributed by atoms with Gasteiger partial charge < -0.3 is 9.80 Å². The van der Waals surface area contributed by atoms with Crippen molar-refractivity contribution in [3.63, 3.8) is 0 Å². The van der Waals surface area contributed by atoms with Crippen molar-refractivity contribution in [1.29, 1.82) is 0 Å². The Labute approximate surface area is 407 Å². The second-order valence-electron chi connectivity index (χ2n) is 23.9. The highest BCUT2D eigenvalue weighted by atomic mass is 32.1. The van der Waals surface area contributed by atoms with E-state index >= 15 is 0 Å². The van der Waals surface area contributed by atoms with Crippen LogP contribution in [0.4, 0.5) is 34.1 Å². The standard InChI is InChI=1S/C64H61BN2S/c1-61(2,3)41-25-30-51(48(33-41)46-28-23-40-22-21-38-17-16-18-39-24-29-47(46)57(40)56(38)39)67-52-31-26-43(63(7,8)9)35-50(52)65-58-53(36-44(37-54(58)67)64(10,11)12)66(45-19-14-13-15-20-45)59-49-34-42(62(4,5)6)27-32-55(49)68-60(59)65/h13-37H,1-12H3. The number of rotatable bonds is 3. The molecule has 3 heterocycles. The molecule has 0 fully saturated rings. The molecule has 10 aromatic rings. The monoisotopic (exact) mass is 900 g/mol. The molecule has 0 saturated heterocycles. The number of anilines is 6. The molecule has 0 saturated carbocycles. The third-order valence-corrected chi connectivity index (χ3v) is 16.4. The molecule has 0 amide bonds. The molecule has 2 aliphatic rings. The Bertz CT molecular complexity index is 3660. The number of thiophene rings is 1. The molecular weight excluding hydrogens is 840 g/mol. The highest BCUT2D eigenvalue weighted by molar-refractivity contribution is 7.33. The van der Waals surface area contributed by atoms with Crippen molar-refractivity contribution >= 4 is 110 Å². The molecule has 68 heavy (non-hydrogen) atoms. The average molecular weight is 901 g/mol. The van der Waals surface area contributed by atoms with Crippen molar-refractivity contribution in [3.05, 3.63) is 174 Å². The van der Waals surface area contributed by atoms with Crippen LogP contribution in [0.1, 0.15) is 105 Å². The zero-order chi connectivity index (χ0) is 47.4. The zero-order valence-electron chi connectivity index (χ0n) is 41.8. The second kappa shape index (κ2) is 14.6. The number of para-hydroxylation sites is 1. The van der Waals surface area contributed by atoms with E-state index in [1.165, 1.54) is 126 Å². The minimum absolute atomic E-state index is 0.00817. The molecule has 12 rings (SSSR count). The fraction of sp³-hybridized carbons (Fsp3) is 0.250. The summed E-state index contributed by atoms with van der Waals surface area (Å²) in [6, 6.07) is 59.1. The van der Waals surface area contributed by atoms with Crippen LogP contribution in [0.3, 0.4) is 0 Å². The van der Waals surface area contributed by atoms with E-state index in [4.69, 9.17) is 0 Å². The number of benzene rings is 9. The Kier molecular flexibility index (Phi) is 9.21. The van der Waals surface area contributed by atoms with Gasteiger partial charge in [-0.15, -0.1) is 11.3 Å². The third kappa shape index (κ3) is 6.50. The summed E-state index contributed by atoms with van der Waals surface area (Å²) in [6.45, 7) is 28.3. The largest absolute Gasteiger partial charge is 0.311 e. The Morgan fingerprint density at radius 1 is 0.397 bits per heavy atom. The van der Waals surface area contributed by atoms with Gasteiger partial charge in [-0.2, -0.15) is 0 Å². The van der Waals surface area contributed by atoms with E-state index in [2.05, 4.69) is 245 Å². The summed E-state index contributed by atoms with van der Waals surface area (Å²) < 4.78 is 2.74. The van der Waals surface area contributed by atoms with Crippen LogP contribution in [0.2, 0.25) is 0 Å². The minimum atomic E-state index is -0.132. The molecule has 4 heteroatoms. The Morgan fingerprint density at radius 3 is 1.62 bits per heavy atom. The lowest BCUT2D eigenvalue weighted by atomic mass is 9.36. The van der Waals surface area contributed by atoms with Crippen molar-refractivity contribution in [1.82, 2.24) is 0 Å². The van der Waals surface area contributed by atoms with Gasteiger partial charge in [-0.25, -0.2) is 0 Å². The van der Waals surface area contributed by atoms with Crippen LogP contribution in [0.5, 0.6) is 0 Å². The van der Waals surface area contributed by atoms with Crippen molar-refractivity contribution < 1.29 is 0 Å².